The summed E-state index contributed by atoms with van der Waals surface area (Å²) in [7, 11) is 0. The minimum absolute atomic E-state index is 0.303. The van der Waals surface area contributed by atoms with Gasteiger partial charge < -0.3 is 20.1 Å². The Morgan fingerprint density at radius 1 is 1.35 bits per heavy atom. The van der Waals surface area contributed by atoms with Crippen molar-refractivity contribution >= 4 is 5.96 Å². The van der Waals surface area contributed by atoms with Crippen LogP contribution >= 0.6 is 0 Å². The third-order valence-corrected chi connectivity index (χ3v) is 3.80. The van der Waals surface area contributed by atoms with E-state index in [1.54, 1.807) is 0 Å². The highest BCUT2D eigenvalue weighted by molar-refractivity contribution is 5.79. The van der Waals surface area contributed by atoms with Crippen molar-refractivity contribution in [1.82, 2.24) is 10.6 Å². The van der Waals surface area contributed by atoms with Crippen molar-refractivity contribution in [3.05, 3.63) is 29.3 Å². The van der Waals surface area contributed by atoms with Gasteiger partial charge in [0.15, 0.2) is 5.96 Å². The molecule has 0 aliphatic carbocycles. The van der Waals surface area contributed by atoms with Gasteiger partial charge in [0, 0.05) is 25.3 Å². The van der Waals surface area contributed by atoms with E-state index in [2.05, 4.69) is 47.7 Å². The smallest absolute Gasteiger partial charge is 0.191 e. The van der Waals surface area contributed by atoms with Gasteiger partial charge in [-0.05, 0) is 45.2 Å². The van der Waals surface area contributed by atoms with Gasteiger partial charge >= 0.3 is 0 Å². The molecule has 0 amide bonds. The largest absolute Gasteiger partial charge is 0.494 e. The van der Waals surface area contributed by atoms with E-state index >= 15 is 0 Å². The summed E-state index contributed by atoms with van der Waals surface area (Å²) >= 11 is 0. The van der Waals surface area contributed by atoms with Gasteiger partial charge in [0.25, 0.3) is 0 Å². The van der Waals surface area contributed by atoms with Crippen LogP contribution in [0.4, 0.5) is 0 Å². The van der Waals surface area contributed by atoms with E-state index in [0.717, 1.165) is 49.8 Å². The molecule has 5 nitrogen and oxygen atoms in total. The van der Waals surface area contributed by atoms with Crippen LogP contribution in [0.1, 0.15) is 37.8 Å². The fourth-order valence-corrected chi connectivity index (χ4v) is 2.60. The first kappa shape index (κ1) is 17.6. The Balaban J connectivity index is 1.98. The summed E-state index contributed by atoms with van der Waals surface area (Å²) < 4.78 is 11.4. The van der Waals surface area contributed by atoms with Crippen LogP contribution in [-0.2, 0) is 11.3 Å². The molecule has 0 bridgehead atoms. The molecule has 5 heteroatoms. The molecule has 1 aromatic carbocycles. The fraction of sp³-hybridized carbons (Fsp3) is 0.611. The van der Waals surface area contributed by atoms with Crippen molar-refractivity contribution in [2.45, 2.75) is 46.3 Å². The summed E-state index contributed by atoms with van der Waals surface area (Å²) in [6, 6.07) is 6.26. The second kappa shape index (κ2) is 9.40. The molecular weight excluding hydrogens is 290 g/mol. The molecule has 1 aliphatic heterocycles. The van der Waals surface area contributed by atoms with E-state index in [4.69, 9.17) is 9.47 Å². The normalized spacial score (nSPS) is 18.0. The number of nitrogens with one attached hydrogen (secondary N) is 2. The van der Waals surface area contributed by atoms with Crippen LogP contribution in [0.15, 0.2) is 23.2 Å². The number of benzene rings is 1. The van der Waals surface area contributed by atoms with Crippen molar-refractivity contribution in [1.29, 1.82) is 0 Å². The minimum atomic E-state index is 0.303. The molecule has 0 saturated carbocycles. The van der Waals surface area contributed by atoms with Gasteiger partial charge in [-0.15, -0.1) is 0 Å². The minimum Gasteiger partial charge on any atom is -0.494 e. The topological polar surface area (TPSA) is 54.9 Å². The van der Waals surface area contributed by atoms with E-state index in [1.165, 1.54) is 5.56 Å². The van der Waals surface area contributed by atoms with Gasteiger partial charge in [-0.2, -0.15) is 0 Å². The number of rotatable bonds is 7. The van der Waals surface area contributed by atoms with E-state index < -0.39 is 0 Å². The maximum absolute atomic E-state index is 5.72. The monoisotopic (exact) mass is 319 g/mol. The average molecular weight is 319 g/mol. The number of nitrogens with zero attached hydrogens (tertiary/aromatic N) is 1. The molecule has 0 aromatic heterocycles. The molecule has 1 unspecified atom stereocenters. The zero-order valence-corrected chi connectivity index (χ0v) is 14.5. The summed E-state index contributed by atoms with van der Waals surface area (Å²) in [5.74, 6) is 1.75. The Hall–Kier alpha value is -1.75. The SMILES string of the molecule is CCNC(=NCc1ccc(C)cc1OCC)NCC1CCCO1. The van der Waals surface area contributed by atoms with E-state index in [1.807, 2.05) is 6.92 Å². The van der Waals surface area contributed by atoms with Crippen LogP contribution in [0.5, 0.6) is 5.75 Å². The first-order valence-electron chi connectivity index (χ1n) is 8.59. The number of ether oxygens (including phenoxy) is 2. The maximum atomic E-state index is 5.72. The van der Waals surface area contributed by atoms with Crippen molar-refractivity contribution in [3.8, 4) is 5.75 Å². The lowest BCUT2D eigenvalue weighted by Crippen LogP contribution is -2.41. The third-order valence-electron chi connectivity index (χ3n) is 3.80. The van der Waals surface area contributed by atoms with Gasteiger partial charge in [0.05, 0.1) is 19.3 Å². The molecule has 1 fully saturated rings. The Labute approximate surface area is 139 Å². The Morgan fingerprint density at radius 3 is 2.91 bits per heavy atom. The summed E-state index contributed by atoms with van der Waals surface area (Å²) in [6.07, 6.45) is 2.58. The predicted molar refractivity (Wildman–Crippen MR) is 94.1 cm³/mol. The number of aryl methyl sites for hydroxylation is 1. The molecule has 1 saturated heterocycles. The molecule has 1 atom stereocenters. The van der Waals surface area contributed by atoms with E-state index in [-0.39, 0.29) is 0 Å². The molecule has 1 heterocycles. The fourth-order valence-electron chi connectivity index (χ4n) is 2.60. The van der Waals surface area contributed by atoms with Crippen molar-refractivity contribution in [3.63, 3.8) is 0 Å². The van der Waals surface area contributed by atoms with Gasteiger partial charge in [-0.1, -0.05) is 12.1 Å². The highest BCUT2D eigenvalue weighted by Gasteiger charge is 2.15. The molecule has 1 aliphatic rings. The summed E-state index contributed by atoms with van der Waals surface area (Å²) in [5, 5.41) is 6.65. The number of hydrogen-bond donors (Lipinski definition) is 2. The lowest BCUT2D eigenvalue weighted by atomic mass is 10.1. The molecule has 0 radical (unpaired) electrons. The van der Waals surface area contributed by atoms with Crippen LogP contribution in [0.3, 0.4) is 0 Å². The van der Waals surface area contributed by atoms with Gasteiger partial charge in [-0.25, -0.2) is 4.99 Å². The molecule has 2 rings (SSSR count). The van der Waals surface area contributed by atoms with Crippen LogP contribution in [0, 0.1) is 6.92 Å². The number of guanidine groups is 1. The zero-order valence-electron chi connectivity index (χ0n) is 14.5. The van der Waals surface area contributed by atoms with E-state index in [9.17, 15) is 0 Å². The lowest BCUT2D eigenvalue weighted by Gasteiger charge is -2.15. The Kier molecular flexibility index (Phi) is 7.20. The maximum Gasteiger partial charge on any atom is 0.191 e. The van der Waals surface area contributed by atoms with Gasteiger partial charge in [0.2, 0.25) is 0 Å². The Morgan fingerprint density at radius 2 is 2.22 bits per heavy atom. The quantitative estimate of drug-likeness (QED) is 0.599. The van der Waals surface area contributed by atoms with E-state index in [0.29, 0.717) is 19.3 Å². The van der Waals surface area contributed by atoms with Crippen molar-refractivity contribution in [2.75, 3.05) is 26.3 Å². The molecule has 128 valence electrons. The molecule has 0 spiro atoms. The molecule has 23 heavy (non-hydrogen) atoms. The van der Waals surface area contributed by atoms with Crippen LogP contribution < -0.4 is 15.4 Å². The average Bonchev–Trinajstić information content (AvgIpc) is 3.05. The summed E-state index contributed by atoms with van der Waals surface area (Å²) in [5.41, 5.74) is 2.30. The standard InChI is InChI=1S/C18H29N3O2/c1-4-19-18(21-13-16-7-6-10-23-16)20-12-15-9-8-14(3)11-17(15)22-5-2/h8-9,11,16H,4-7,10,12-13H2,1-3H3,(H2,19,20,21). The summed E-state index contributed by atoms with van der Waals surface area (Å²) in [4.78, 5) is 4.68. The van der Waals surface area contributed by atoms with Gasteiger partial charge in [-0.3, -0.25) is 0 Å². The second-order valence-electron chi connectivity index (χ2n) is 5.76. The van der Waals surface area contributed by atoms with Gasteiger partial charge in [0.1, 0.15) is 5.75 Å². The first-order valence-corrected chi connectivity index (χ1v) is 8.59. The highest BCUT2D eigenvalue weighted by atomic mass is 16.5. The Bertz CT molecular complexity index is 511. The molecule has 1 aromatic rings. The highest BCUT2D eigenvalue weighted by Crippen LogP contribution is 2.21. The van der Waals surface area contributed by atoms with Crippen molar-refractivity contribution in [2.24, 2.45) is 4.99 Å². The van der Waals surface area contributed by atoms with Crippen LogP contribution in [-0.4, -0.2) is 38.4 Å². The predicted octanol–water partition coefficient (Wildman–Crippen LogP) is 2.63. The van der Waals surface area contributed by atoms with Crippen LogP contribution in [0.25, 0.3) is 0 Å². The third kappa shape index (κ3) is 5.75. The number of aliphatic imine (C=N–C) groups is 1. The van der Waals surface area contributed by atoms with Crippen molar-refractivity contribution < 1.29 is 9.47 Å². The second-order valence-corrected chi connectivity index (χ2v) is 5.76. The number of hydrogen-bond acceptors (Lipinski definition) is 3. The van der Waals surface area contributed by atoms with Crippen LogP contribution in [0.2, 0.25) is 0 Å². The molecular formula is C18H29N3O2. The molecule has 2 N–H and O–H groups in total. The first-order chi connectivity index (χ1) is 11.2. The zero-order chi connectivity index (χ0) is 16.5. The summed E-state index contributed by atoms with van der Waals surface area (Å²) in [6.45, 7) is 9.92. The lowest BCUT2D eigenvalue weighted by molar-refractivity contribution is 0.114.